The molecule has 0 aliphatic heterocycles. The second-order valence-corrected chi connectivity index (χ2v) is 8.75. The maximum Gasteiger partial charge on any atom is 0.205 e. The number of aryl methyl sites for hydroxylation is 3. The second kappa shape index (κ2) is 6.85. The third kappa shape index (κ3) is 2.97. The van der Waals surface area contributed by atoms with Crippen LogP contribution in [0.25, 0.3) is 21.5 Å². The Morgan fingerprint density at radius 1 is 1.07 bits per heavy atom. The molecule has 0 atom stereocenters. The van der Waals surface area contributed by atoms with E-state index in [1.807, 2.05) is 50.2 Å². The van der Waals surface area contributed by atoms with Crippen molar-refractivity contribution < 1.29 is 9.21 Å². The number of pyridine rings is 1. The summed E-state index contributed by atoms with van der Waals surface area (Å²) in [6, 6.07) is 11.6. The third-order valence-corrected chi connectivity index (χ3v) is 6.76. The van der Waals surface area contributed by atoms with E-state index < -0.39 is 0 Å². The first-order valence-corrected chi connectivity index (χ1v) is 10.8. The van der Waals surface area contributed by atoms with Crippen molar-refractivity contribution in [3.05, 3.63) is 69.4 Å². The fraction of sp³-hybridized carbons (Fsp3) is 0.250. The van der Waals surface area contributed by atoms with Crippen molar-refractivity contribution in [2.45, 2.75) is 39.5 Å². The van der Waals surface area contributed by atoms with Crippen molar-refractivity contribution in [3.8, 4) is 11.3 Å². The first-order valence-electron chi connectivity index (χ1n) is 9.95. The van der Waals surface area contributed by atoms with E-state index in [4.69, 9.17) is 15.1 Å². The molecule has 3 aromatic heterocycles. The molecule has 0 spiro atoms. The maximum atomic E-state index is 13.2. The van der Waals surface area contributed by atoms with E-state index in [2.05, 4.69) is 0 Å². The van der Waals surface area contributed by atoms with Gasteiger partial charge in [0.2, 0.25) is 5.78 Å². The highest BCUT2D eigenvalue weighted by atomic mass is 32.1. The Bertz CT molecular complexity index is 1250. The van der Waals surface area contributed by atoms with Gasteiger partial charge in [-0.05, 0) is 57.2 Å². The summed E-state index contributed by atoms with van der Waals surface area (Å²) in [7, 11) is 0. The number of hydrogen-bond donors (Lipinski definition) is 1. The van der Waals surface area contributed by atoms with Crippen molar-refractivity contribution in [2.75, 3.05) is 5.73 Å². The molecule has 0 saturated carbocycles. The summed E-state index contributed by atoms with van der Waals surface area (Å²) < 4.78 is 6.00. The number of ketones is 1. The number of hydrogen-bond acceptors (Lipinski definition) is 5. The van der Waals surface area contributed by atoms with E-state index in [1.165, 1.54) is 16.9 Å². The summed E-state index contributed by atoms with van der Waals surface area (Å²) in [5, 5.41) is 0.862. The summed E-state index contributed by atoms with van der Waals surface area (Å²) in [4.78, 5) is 19.5. The number of aromatic nitrogens is 1. The van der Waals surface area contributed by atoms with Crippen LogP contribution in [0.4, 0.5) is 5.69 Å². The van der Waals surface area contributed by atoms with Crippen LogP contribution < -0.4 is 5.73 Å². The van der Waals surface area contributed by atoms with Crippen LogP contribution in [0.3, 0.4) is 0 Å². The lowest BCUT2D eigenvalue weighted by Crippen LogP contribution is -2.08. The smallest absolute Gasteiger partial charge is 0.205 e. The summed E-state index contributed by atoms with van der Waals surface area (Å²) in [5.41, 5.74) is 12.2. The van der Waals surface area contributed by atoms with E-state index in [0.717, 1.165) is 64.2 Å². The minimum Gasteiger partial charge on any atom is -0.461 e. The molecule has 3 heterocycles. The number of nitrogen functional groups attached to an aromatic ring is 1. The van der Waals surface area contributed by atoms with Crippen molar-refractivity contribution in [3.63, 3.8) is 0 Å². The molecule has 1 aliphatic rings. The molecular formula is C24H22N2O2S. The molecule has 4 nitrogen and oxygen atoms in total. The van der Waals surface area contributed by atoms with Gasteiger partial charge in [0.1, 0.15) is 21.2 Å². The number of carbonyl (C=O) groups excluding carboxylic acids is 1. The first kappa shape index (κ1) is 18.1. The number of carbonyl (C=O) groups is 1. The molecule has 4 aromatic rings. The molecule has 0 saturated heterocycles. The van der Waals surface area contributed by atoms with Gasteiger partial charge in [-0.25, -0.2) is 4.98 Å². The van der Waals surface area contributed by atoms with Gasteiger partial charge >= 0.3 is 0 Å². The average molecular weight is 403 g/mol. The van der Waals surface area contributed by atoms with E-state index in [9.17, 15) is 4.79 Å². The van der Waals surface area contributed by atoms with Crippen LogP contribution in [0.15, 0.2) is 40.8 Å². The van der Waals surface area contributed by atoms with Gasteiger partial charge in [-0.15, -0.1) is 11.3 Å². The number of thiophene rings is 1. The van der Waals surface area contributed by atoms with Crippen LogP contribution in [0, 0.1) is 13.8 Å². The number of fused-ring (bicyclic) bond motifs is 2. The molecule has 0 bridgehead atoms. The standard InChI is InChI=1S/C24H22N2O2S/c1-13-7-10-15(11-8-13)22(27)23-21(25)20-19(18-12-9-14(2)28-18)16-5-3-4-6-17(16)26-24(20)29-23/h7-12H,3-6,25H2,1-2H3. The molecule has 5 rings (SSSR count). The van der Waals surface area contributed by atoms with Crippen LogP contribution in [0.5, 0.6) is 0 Å². The average Bonchev–Trinajstić information content (AvgIpc) is 3.29. The zero-order valence-corrected chi connectivity index (χ0v) is 17.4. The van der Waals surface area contributed by atoms with Crippen LogP contribution in [0.2, 0.25) is 0 Å². The molecule has 0 radical (unpaired) electrons. The van der Waals surface area contributed by atoms with Crippen LogP contribution in [0.1, 0.15) is 50.7 Å². The molecule has 0 unspecified atom stereocenters. The normalized spacial score (nSPS) is 13.6. The number of nitrogens with zero attached hydrogens (tertiary/aromatic N) is 1. The molecule has 2 N–H and O–H groups in total. The van der Waals surface area contributed by atoms with Crippen LogP contribution in [-0.4, -0.2) is 10.8 Å². The Kier molecular flexibility index (Phi) is 4.28. The number of rotatable bonds is 3. The molecule has 0 amide bonds. The Hall–Kier alpha value is -2.92. The molecule has 146 valence electrons. The van der Waals surface area contributed by atoms with E-state index in [1.54, 1.807) is 0 Å². The Morgan fingerprint density at radius 3 is 2.55 bits per heavy atom. The van der Waals surface area contributed by atoms with Gasteiger partial charge < -0.3 is 10.2 Å². The molecular weight excluding hydrogens is 380 g/mol. The second-order valence-electron chi connectivity index (χ2n) is 7.75. The van der Waals surface area contributed by atoms with Gasteiger partial charge in [-0.2, -0.15) is 0 Å². The summed E-state index contributed by atoms with van der Waals surface area (Å²) in [6.07, 6.45) is 4.19. The lowest BCUT2D eigenvalue weighted by molar-refractivity contribution is 0.104. The predicted octanol–water partition coefficient (Wildman–Crippen LogP) is 5.87. The van der Waals surface area contributed by atoms with Crippen LogP contribution in [-0.2, 0) is 12.8 Å². The highest BCUT2D eigenvalue weighted by Crippen LogP contribution is 2.44. The molecule has 5 heteroatoms. The quantitative estimate of drug-likeness (QED) is 0.435. The number of anilines is 1. The minimum atomic E-state index is -0.0509. The Labute approximate surface area is 173 Å². The van der Waals surface area contributed by atoms with Crippen molar-refractivity contribution in [1.29, 1.82) is 0 Å². The van der Waals surface area contributed by atoms with Gasteiger partial charge in [0.15, 0.2) is 0 Å². The number of benzene rings is 1. The number of nitrogens with two attached hydrogens (primary N) is 1. The van der Waals surface area contributed by atoms with Crippen molar-refractivity contribution >= 4 is 33.0 Å². The summed E-state index contributed by atoms with van der Waals surface area (Å²) in [6.45, 7) is 3.95. The Morgan fingerprint density at radius 2 is 1.83 bits per heavy atom. The molecule has 1 aromatic carbocycles. The highest BCUT2D eigenvalue weighted by molar-refractivity contribution is 7.21. The SMILES string of the molecule is Cc1ccc(C(=O)c2sc3nc4c(c(-c5ccc(C)o5)c3c2N)CCCC4)cc1. The van der Waals surface area contributed by atoms with Gasteiger partial charge in [0, 0.05) is 22.2 Å². The fourth-order valence-corrected chi connectivity index (χ4v) is 5.24. The summed E-state index contributed by atoms with van der Waals surface area (Å²) in [5.74, 6) is 1.62. The van der Waals surface area contributed by atoms with Crippen molar-refractivity contribution in [1.82, 2.24) is 4.98 Å². The largest absolute Gasteiger partial charge is 0.461 e. The maximum absolute atomic E-state index is 13.2. The minimum absolute atomic E-state index is 0.0509. The first-order chi connectivity index (χ1) is 14.0. The molecule has 1 aliphatic carbocycles. The summed E-state index contributed by atoms with van der Waals surface area (Å²) >= 11 is 1.39. The number of furan rings is 1. The lowest BCUT2D eigenvalue weighted by atomic mass is 9.89. The Balaban J connectivity index is 1.76. The molecule has 29 heavy (non-hydrogen) atoms. The highest BCUT2D eigenvalue weighted by Gasteiger charge is 2.27. The zero-order valence-electron chi connectivity index (χ0n) is 16.5. The van der Waals surface area contributed by atoms with Gasteiger partial charge in [0.05, 0.1) is 5.69 Å². The lowest BCUT2D eigenvalue weighted by Gasteiger charge is -2.18. The van der Waals surface area contributed by atoms with E-state index in [-0.39, 0.29) is 5.78 Å². The van der Waals surface area contributed by atoms with E-state index >= 15 is 0 Å². The topological polar surface area (TPSA) is 69.1 Å². The third-order valence-electron chi connectivity index (χ3n) is 5.66. The van der Waals surface area contributed by atoms with Gasteiger partial charge in [-0.3, -0.25) is 4.79 Å². The van der Waals surface area contributed by atoms with Crippen molar-refractivity contribution in [2.24, 2.45) is 0 Å². The molecule has 0 fully saturated rings. The van der Waals surface area contributed by atoms with Gasteiger partial charge in [0.25, 0.3) is 0 Å². The monoisotopic (exact) mass is 402 g/mol. The predicted molar refractivity (Wildman–Crippen MR) is 118 cm³/mol. The van der Waals surface area contributed by atoms with E-state index in [0.29, 0.717) is 16.1 Å². The zero-order chi connectivity index (χ0) is 20.1. The fourth-order valence-electron chi connectivity index (χ4n) is 4.15. The van der Waals surface area contributed by atoms with Crippen LogP contribution >= 0.6 is 11.3 Å². The van der Waals surface area contributed by atoms with Gasteiger partial charge in [-0.1, -0.05) is 29.8 Å².